The molecule has 4 aromatic rings. The number of nitrogens with one attached hydrogen (secondary N) is 1. The maximum Gasteiger partial charge on any atom is 0.245 e. The van der Waals surface area contributed by atoms with Crippen molar-refractivity contribution in [3.8, 4) is 11.3 Å². The molecule has 1 amide bonds. The van der Waals surface area contributed by atoms with Crippen molar-refractivity contribution in [2.45, 2.75) is 26.4 Å². The van der Waals surface area contributed by atoms with Gasteiger partial charge in [0.15, 0.2) is 0 Å². The van der Waals surface area contributed by atoms with Crippen LogP contribution in [-0.4, -0.2) is 20.3 Å². The highest BCUT2D eigenvalue weighted by atomic mass is 16.2. The van der Waals surface area contributed by atoms with Gasteiger partial charge in [0.25, 0.3) is 0 Å². The van der Waals surface area contributed by atoms with E-state index >= 15 is 0 Å². The predicted octanol–water partition coefficient (Wildman–Crippen LogP) is 4.72. The van der Waals surface area contributed by atoms with Gasteiger partial charge in [-0.15, -0.1) is 0 Å². The second kappa shape index (κ2) is 7.11. The number of hydrogen-bond donors (Lipinski definition) is 1. The van der Waals surface area contributed by atoms with Crippen LogP contribution in [-0.2, 0) is 11.3 Å². The minimum atomic E-state index is -0.0732. The van der Waals surface area contributed by atoms with Gasteiger partial charge in [0.1, 0.15) is 12.4 Å². The zero-order valence-electron chi connectivity index (χ0n) is 15.5. The van der Waals surface area contributed by atoms with Crippen LogP contribution in [0.2, 0.25) is 0 Å². The molecule has 5 heteroatoms. The van der Waals surface area contributed by atoms with Crippen LogP contribution in [0.4, 0.5) is 5.82 Å². The Kier molecular flexibility index (Phi) is 4.50. The lowest BCUT2D eigenvalue weighted by atomic mass is 10.1. The standard InChI is InChI=1S/C22H22N4O/c1-16(2)26-21(12-13-23-26)24-22(27)15-25-19-11-7-6-10-18(19)14-20(25)17-8-4-3-5-9-17/h3-14,16H,15H2,1-2H3,(H,24,27). The van der Waals surface area contributed by atoms with E-state index in [-0.39, 0.29) is 18.5 Å². The van der Waals surface area contributed by atoms with E-state index in [1.54, 1.807) is 6.20 Å². The fourth-order valence-corrected chi connectivity index (χ4v) is 3.38. The van der Waals surface area contributed by atoms with Crippen molar-refractivity contribution in [2.75, 3.05) is 5.32 Å². The Labute approximate surface area is 158 Å². The quantitative estimate of drug-likeness (QED) is 0.561. The monoisotopic (exact) mass is 358 g/mol. The average Bonchev–Trinajstić information content (AvgIpc) is 3.28. The van der Waals surface area contributed by atoms with E-state index in [0.717, 1.165) is 22.2 Å². The highest BCUT2D eigenvalue weighted by Crippen LogP contribution is 2.28. The third-order valence-electron chi connectivity index (χ3n) is 4.61. The first-order valence-corrected chi connectivity index (χ1v) is 9.10. The molecular weight excluding hydrogens is 336 g/mol. The lowest BCUT2D eigenvalue weighted by Crippen LogP contribution is -2.21. The zero-order chi connectivity index (χ0) is 18.8. The Bertz CT molecular complexity index is 1080. The van der Waals surface area contributed by atoms with Crippen LogP contribution in [0.25, 0.3) is 22.2 Å². The normalized spacial score (nSPS) is 11.2. The number of benzene rings is 2. The first-order chi connectivity index (χ1) is 13.1. The maximum absolute atomic E-state index is 12.8. The molecular formula is C22H22N4O. The molecule has 0 aliphatic rings. The van der Waals surface area contributed by atoms with Crippen LogP contribution >= 0.6 is 0 Å². The number of fused-ring (bicyclic) bond motifs is 1. The fraction of sp³-hybridized carbons (Fsp3) is 0.182. The van der Waals surface area contributed by atoms with Gasteiger partial charge in [-0.3, -0.25) is 4.79 Å². The van der Waals surface area contributed by atoms with Crippen LogP contribution in [0.5, 0.6) is 0 Å². The Morgan fingerprint density at radius 1 is 1.04 bits per heavy atom. The van der Waals surface area contributed by atoms with Crippen LogP contribution in [0.1, 0.15) is 19.9 Å². The Morgan fingerprint density at radius 2 is 1.78 bits per heavy atom. The molecule has 27 heavy (non-hydrogen) atoms. The lowest BCUT2D eigenvalue weighted by Gasteiger charge is -2.14. The number of rotatable bonds is 5. The third-order valence-corrected chi connectivity index (χ3v) is 4.61. The van der Waals surface area contributed by atoms with E-state index in [0.29, 0.717) is 5.82 Å². The summed E-state index contributed by atoms with van der Waals surface area (Å²) in [5.74, 6) is 0.642. The predicted molar refractivity (Wildman–Crippen MR) is 109 cm³/mol. The van der Waals surface area contributed by atoms with Crippen LogP contribution in [0, 0.1) is 0 Å². The summed E-state index contributed by atoms with van der Waals surface area (Å²) in [7, 11) is 0. The van der Waals surface area contributed by atoms with E-state index < -0.39 is 0 Å². The van der Waals surface area contributed by atoms with E-state index in [1.165, 1.54) is 0 Å². The van der Waals surface area contributed by atoms with Crippen molar-refractivity contribution in [1.29, 1.82) is 0 Å². The molecule has 0 spiro atoms. The summed E-state index contributed by atoms with van der Waals surface area (Å²) in [5.41, 5.74) is 3.17. The first kappa shape index (κ1) is 17.1. The number of aromatic nitrogens is 3. The number of amides is 1. The molecule has 0 atom stereocenters. The van der Waals surface area contributed by atoms with Crippen LogP contribution in [0.15, 0.2) is 72.9 Å². The fourth-order valence-electron chi connectivity index (χ4n) is 3.38. The number of para-hydroxylation sites is 1. The molecule has 136 valence electrons. The average molecular weight is 358 g/mol. The minimum absolute atomic E-state index is 0.0732. The summed E-state index contributed by atoms with van der Waals surface area (Å²) in [6.07, 6.45) is 1.70. The Morgan fingerprint density at radius 3 is 2.56 bits per heavy atom. The van der Waals surface area contributed by atoms with Gasteiger partial charge in [0, 0.05) is 28.7 Å². The van der Waals surface area contributed by atoms with Crippen molar-refractivity contribution < 1.29 is 4.79 Å². The second-order valence-electron chi connectivity index (χ2n) is 6.84. The summed E-state index contributed by atoms with van der Waals surface area (Å²) >= 11 is 0. The largest absolute Gasteiger partial charge is 0.331 e. The Balaban J connectivity index is 1.68. The SMILES string of the molecule is CC(C)n1nccc1NC(=O)Cn1c(-c2ccccc2)cc2ccccc21. The number of hydrogen-bond acceptors (Lipinski definition) is 2. The lowest BCUT2D eigenvalue weighted by molar-refractivity contribution is -0.116. The van der Waals surface area contributed by atoms with E-state index in [4.69, 9.17) is 0 Å². The van der Waals surface area contributed by atoms with E-state index in [1.807, 2.05) is 61.0 Å². The molecule has 0 fully saturated rings. The summed E-state index contributed by atoms with van der Waals surface area (Å²) in [4.78, 5) is 12.8. The van der Waals surface area contributed by atoms with Crippen LogP contribution < -0.4 is 5.32 Å². The molecule has 0 bridgehead atoms. The molecule has 0 aliphatic heterocycles. The number of nitrogens with zero attached hydrogens (tertiary/aromatic N) is 3. The van der Waals surface area contributed by atoms with Gasteiger partial charge < -0.3 is 9.88 Å². The topological polar surface area (TPSA) is 51.9 Å². The van der Waals surface area contributed by atoms with Crippen molar-refractivity contribution >= 4 is 22.6 Å². The van der Waals surface area contributed by atoms with E-state index in [2.05, 4.69) is 39.2 Å². The number of carbonyl (C=O) groups excluding carboxylic acids is 1. The van der Waals surface area contributed by atoms with Crippen molar-refractivity contribution in [1.82, 2.24) is 14.3 Å². The van der Waals surface area contributed by atoms with Crippen LogP contribution in [0.3, 0.4) is 0 Å². The van der Waals surface area contributed by atoms with Gasteiger partial charge in [-0.2, -0.15) is 5.10 Å². The van der Waals surface area contributed by atoms with Gasteiger partial charge >= 0.3 is 0 Å². The highest BCUT2D eigenvalue weighted by Gasteiger charge is 2.15. The van der Waals surface area contributed by atoms with E-state index in [9.17, 15) is 4.79 Å². The van der Waals surface area contributed by atoms with Crippen molar-refractivity contribution in [2.24, 2.45) is 0 Å². The molecule has 0 radical (unpaired) electrons. The summed E-state index contributed by atoms with van der Waals surface area (Å²) < 4.78 is 3.87. The zero-order valence-corrected chi connectivity index (χ0v) is 15.5. The molecule has 4 rings (SSSR count). The van der Waals surface area contributed by atoms with Crippen molar-refractivity contribution in [3.05, 3.63) is 72.9 Å². The molecule has 2 heterocycles. The third kappa shape index (κ3) is 3.36. The second-order valence-corrected chi connectivity index (χ2v) is 6.84. The molecule has 5 nitrogen and oxygen atoms in total. The van der Waals surface area contributed by atoms with Gasteiger partial charge in [-0.05, 0) is 31.5 Å². The summed E-state index contributed by atoms with van der Waals surface area (Å²) in [5, 5.41) is 8.39. The molecule has 2 aromatic carbocycles. The molecule has 2 aromatic heterocycles. The first-order valence-electron chi connectivity index (χ1n) is 9.10. The maximum atomic E-state index is 12.8. The number of carbonyl (C=O) groups is 1. The van der Waals surface area contributed by atoms with Gasteiger partial charge in [-0.1, -0.05) is 48.5 Å². The summed E-state index contributed by atoms with van der Waals surface area (Å²) in [6, 6.07) is 22.4. The van der Waals surface area contributed by atoms with Crippen molar-refractivity contribution in [3.63, 3.8) is 0 Å². The molecule has 0 aliphatic carbocycles. The smallest absolute Gasteiger partial charge is 0.245 e. The molecule has 0 saturated carbocycles. The van der Waals surface area contributed by atoms with Gasteiger partial charge in [-0.25, -0.2) is 4.68 Å². The summed E-state index contributed by atoms with van der Waals surface area (Å²) in [6.45, 7) is 4.31. The highest BCUT2D eigenvalue weighted by molar-refractivity contribution is 5.93. The molecule has 1 N–H and O–H groups in total. The molecule has 0 unspecified atom stereocenters. The Hall–Kier alpha value is -3.34. The van der Waals surface area contributed by atoms with Gasteiger partial charge in [0.2, 0.25) is 5.91 Å². The number of anilines is 1. The molecule has 0 saturated heterocycles. The van der Waals surface area contributed by atoms with Gasteiger partial charge in [0.05, 0.1) is 6.20 Å². The minimum Gasteiger partial charge on any atom is -0.331 e.